The Morgan fingerprint density at radius 1 is 1.05 bits per heavy atom. The predicted octanol–water partition coefficient (Wildman–Crippen LogP) is 2.93. The molecule has 0 radical (unpaired) electrons. The molecule has 1 aromatic rings. The molecule has 0 amide bonds. The van der Waals surface area contributed by atoms with Crippen LogP contribution in [-0.4, -0.2) is 44.2 Å². The van der Waals surface area contributed by atoms with Crippen LogP contribution in [0.25, 0.3) is 5.57 Å². The van der Waals surface area contributed by atoms with Gasteiger partial charge in [0.05, 0.1) is 0 Å². The number of hydrogen-bond acceptors (Lipinski definition) is 3. The third-order valence-corrected chi connectivity index (χ3v) is 4.41. The number of benzene rings is 1. The van der Waals surface area contributed by atoms with Crippen molar-refractivity contribution in [1.29, 1.82) is 0 Å². The van der Waals surface area contributed by atoms with Gasteiger partial charge in [-0.1, -0.05) is 24.6 Å². The molecule has 3 heteroatoms. The molecular weight excluding hydrogens is 260 g/mol. The van der Waals surface area contributed by atoms with E-state index in [1.54, 1.807) is 0 Å². The van der Waals surface area contributed by atoms with Gasteiger partial charge < -0.3 is 10.1 Å². The highest BCUT2D eigenvalue weighted by atomic mass is 16.5. The molecule has 0 saturated carbocycles. The largest absolute Gasteiger partial charge is 0.492 e. The Kier molecular flexibility index (Phi) is 5.30. The fraction of sp³-hybridized carbons (Fsp3) is 0.556. The van der Waals surface area contributed by atoms with Crippen LogP contribution >= 0.6 is 0 Å². The van der Waals surface area contributed by atoms with Gasteiger partial charge in [-0.3, -0.25) is 4.90 Å². The van der Waals surface area contributed by atoms with E-state index in [1.165, 1.54) is 43.5 Å². The first-order valence-electron chi connectivity index (χ1n) is 8.27. The molecule has 2 aliphatic heterocycles. The molecule has 0 spiro atoms. The minimum atomic E-state index is 0.798. The van der Waals surface area contributed by atoms with Gasteiger partial charge in [0.1, 0.15) is 12.4 Å². The molecular formula is C18H26N2O. The molecule has 0 atom stereocenters. The Bertz CT molecular complexity index is 461. The van der Waals surface area contributed by atoms with E-state index in [-0.39, 0.29) is 0 Å². The van der Waals surface area contributed by atoms with Crippen molar-refractivity contribution in [1.82, 2.24) is 10.2 Å². The summed E-state index contributed by atoms with van der Waals surface area (Å²) < 4.78 is 5.88. The Balaban J connectivity index is 1.46. The van der Waals surface area contributed by atoms with Gasteiger partial charge in [0, 0.05) is 13.1 Å². The second-order valence-corrected chi connectivity index (χ2v) is 5.96. The Morgan fingerprint density at radius 2 is 1.86 bits per heavy atom. The van der Waals surface area contributed by atoms with Crippen LogP contribution in [0.3, 0.4) is 0 Å². The van der Waals surface area contributed by atoms with Crippen molar-refractivity contribution in [2.45, 2.75) is 25.7 Å². The van der Waals surface area contributed by atoms with Crippen molar-refractivity contribution in [3.8, 4) is 5.75 Å². The Labute approximate surface area is 128 Å². The minimum Gasteiger partial charge on any atom is -0.492 e. The molecule has 0 unspecified atom stereocenters. The molecule has 0 bridgehead atoms. The van der Waals surface area contributed by atoms with Crippen LogP contribution in [0.5, 0.6) is 5.75 Å². The van der Waals surface area contributed by atoms with E-state index in [9.17, 15) is 0 Å². The van der Waals surface area contributed by atoms with Crippen LogP contribution in [0.4, 0.5) is 0 Å². The summed E-state index contributed by atoms with van der Waals surface area (Å²) in [6, 6.07) is 8.59. The van der Waals surface area contributed by atoms with Gasteiger partial charge in [-0.25, -0.2) is 0 Å². The maximum absolute atomic E-state index is 5.88. The van der Waals surface area contributed by atoms with Gasteiger partial charge in [0.15, 0.2) is 0 Å². The molecule has 3 rings (SSSR count). The molecule has 1 fully saturated rings. The lowest BCUT2D eigenvalue weighted by Crippen LogP contribution is -2.33. The quantitative estimate of drug-likeness (QED) is 0.900. The van der Waals surface area contributed by atoms with Gasteiger partial charge in [-0.15, -0.1) is 0 Å². The van der Waals surface area contributed by atoms with Crippen LogP contribution in [0.2, 0.25) is 0 Å². The van der Waals surface area contributed by atoms with Gasteiger partial charge >= 0.3 is 0 Å². The minimum absolute atomic E-state index is 0.798. The van der Waals surface area contributed by atoms with Gasteiger partial charge in [-0.05, 0) is 62.2 Å². The van der Waals surface area contributed by atoms with Crippen LogP contribution in [0.15, 0.2) is 30.3 Å². The van der Waals surface area contributed by atoms with E-state index in [2.05, 4.69) is 40.6 Å². The highest BCUT2D eigenvalue weighted by Gasteiger charge is 2.09. The molecule has 0 aliphatic carbocycles. The van der Waals surface area contributed by atoms with E-state index in [0.29, 0.717) is 0 Å². The topological polar surface area (TPSA) is 24.5 Å². The fourth-order valence-corrected chi connectivity index (χ4v) is 3.13. The molecule has 3 nitrogen and oxygen atoms in total. The smallest absolute Gasteiger partial charge is 0.119 e. The summed E-state index contributed by atoms with van der Waals surface area (Å²) in [5, 5.41) is 3.35. The molecule has 2 aliphatic rings. The predicted molar refractivity (Wildman–Crippen MR) is 87.7 cm³/mol. The fourth-order valence-electron chi connectivity index (χ4n) is 3.13. The number of piperidine rings is 1. The first kappa shape index (κ1) is 14.6. The Morgan fingerprint density at radius 3 is 2.57 bits per heavy atom. The number of ether oxygens (including phenoxy) is 1. The van der Waals surface area contributed by atoms with Crippen LogP contribution in [0.1, 0.15) is 31.2 Å². The number of rotatable bonds is 5. The van der Waals surface area contributed by atoms with Crippen molar-refractivity contribution in [2.24, 2.45) is 0 Å². The first-order chi connectivity index (χ1) is 10.4. The summed E-state index contributed by atoms with van der Waals surface area (Å²) in [5.41, 5.74) is 2.79. The highest BCUT2D eigenvalue weighted by Crippen LogP contribution is 2.22. The second kappa shape index (κ2) is 7.62. The molecule has 1 aromatic carbocycles. The van der Waals surface area contributed by atoms with Crippen molar-refractivity contribution >= 4 is 5.57 Å². The van der Waals surface area contributed by atoms with Gasteiger partial charge in [0.2, 0.25) is 0 Å². The maximum atomic E-state index is 5.88. The summed E-state index contributed by atoms with van der Waals surface area (Å²) in [5.74, 6) is 0.991. The lowest BCUT2D eigenvalue weighted by Gasteiger charge is -2.26. The summed E-state index contributed by atoms with van der Waals surface area (Å²) in [7, 11) is 0. The molecule has 0 aromatic heterocycles. The standard InChI is InChI=1S/C18H26N2O/c1-2-12-20(13-3-1)14-15-21-18-6-4-16(5-7-18)17-8-10-19-11-9-17/h4-8,19H,1-3,9-15H2. The van der Waals surface area contributed by atoms with E-state index >= 15 is 0 Å². The van der Waals surface area contributed by atoms with E-state index in [0.717, 1.165) is 38.4 Å². The number of likely N-dealkylation sites (tertiary alicyclic amines) is 1. The third-order valence-electron chi connectivity index (χ3n) is 4.41. The monoisotopic (exact) mass is 286 g/mol. The zero-order chi connectivity index (χ0) is 14.3. The molecule has 21 heavy (non-hydrogen) atoms. The average Bonchev–Trinajstić information content (AvgIpc) is 2.57. The summed E-state index contributed by atoms with van der Waals surface area (Å²) in [6.45, 7) is 6.41. The van der Waals surface area contributed by atoms with Gasteiger partial charge in [-0.2, -0.15) is 0 Å². The average molecular weight is 286 g/mol. The van der Waals surface area contributed by atoms with E-state index in [4.69, 9.17) is 4.74 Å². The third kappa shape index (κ3) is 4.32. The van der Waals surface area contributed by atoms with Crippen LogP contribution in [-0.2, 0) is 0 Å². The number of nitrogens with one attached hydrogen (secondary N) is 1. The first-order valence-corrected chi connectivity index (χ1v) is 8.27. The van der Waals surface area contributed by atoms with Crippen molar-refractivity contribution < 1.29 is 4.74 Å². The highest BCUT2D eigenvalue weighted by molar-refractivity contribution is 5.67. The maximum Gasteiger partial charge on any atom is 0.119 e. The normalized spacial score (nSPS) is 20.1. The Hall–Kier alpha value is -1.32. The SMILES string of the molecule is C1=C(c2ccc(OCCN3CCCCC3)cc2)CCNC1. The van der Waals surface area contributed by atoms with E-state index in [1.807, 2.05) is 0 Å². The zero-order valence-electron chi connectivity index (χ0n) is 12.8. The summed E-state index contributed by atoms with van der Waals surface area (Å²) >= 11 is 0. The van der Waals surface area contributed by atoms with E-state index < -0.39 is 0 Å². The summed E-state index contributed by atoms with van der Waals surface area (Å²) in [4.78, 5) is 2.51. The van der Waals surface area contributed by atoms with Crippen molar-refractivity contribution in [2.75, 3.05) is 39.3 Å². The molecule has 1 N–H and O–H groups in total. The van der Waals surface area contributed by atoms with Crippen molar-refractivity contribution in [3.63, 3.8) is 0 Å². The van der Waals surface area contributed by atoms with Gasteiger partial charge in [0.25, 0.3) is 0 Å². The second-order valence-electron chi connectivity index (χ2n) is 5.96. The number of nitrogens with zero attached hydrogens (tertiary/aromatic N) is 1. The molecule has 114 valence electrons. The number of hydrogen-bond donors (Lipinski definition) is 1. The lowest BCUT2D eigenvalue weighted by molar-refractivity contribution is 0.183. The lowest BCUT2D eigenvalue weighted by atomic mass is 10.0. The van der Waals surface area contributed by atoms with Crippen LogP contribution < -0.4 is 10.1 Å². The molecule has 2 heterocycles. The zero-order valence-corrected chi connectivity index (χ0v) is 12.8. The summed E-state index contributed by atoms with van der Waals surface area (Å²) in [6.07, 6.45) is 7.49. The van der Waals surface area contributed by atoms with Crippen molar-refractivity contribution in [3.05, 3.63) is 35.9 Å². The van der Waals surface area contributed by atoms with Crippen LogP contribution in [0, 0.1) is 0 Å². The molecule has 1 saturated heterocycles.